The van der Waals surface area contributed by atoms with E-state index in [1.165, 1.54) is 5.56 Å². The van der Waals surface area contributed by atoms with E-state index in [4.69, 9.17) is 0 Å². The van der Waals surface area contributed by atoms with Crippen LogP contribution in [0.5, 0.6) is 0 Å². The summed E-state index contributed by atoms with van der Waals surface area (Å²) in [6.45, 7) is 6.50. The molecule has 1 atom stereocenters. The zero-order valence-electron chi connectivity index (χ0n) is 15.3. The largest absolute Gasteiger partial charge is 0.351 e. The highest BCUT2D eigenvalue weighted by Crippen LogP contribution is 2.23. The van der Waals surface area contributed by atoms with E-state index in [0.717, 1.165) is 22.0 Å². The van der Waals surface area contributed by atoms with Gasteiger partial charge in [-0.25, -0.2) is 4.98 Å². The molecular weight excluding hydrogens is 342 g/mol. The molecule has 1 amide bonds. The lowest BCUT2D eigenvalue weighted by atomic mass is 10.2. The highest BCUT2D eigenvalue weighted by Gasteiger charge is 2.14. The van der Waals surface area contributed by atoms with Crippen LogP contribution in [-0.4, -0.2) is 20.7 Å². The van der Waals surface area contributed by atoms with E-state index in [2.05, 4.69) is 41.5 Å². The zero-order chi connectivity index (χ0) is 18.5. The number of thioether (sulfide) groups is 1. The monoisotopic (exact) mass is 365 g/mol. The standard InChI is InChI=1S/C21H23N3OS/c1-15-4-10-20(11-5-15)26-16(2)21(25)23-14-18-6-8-19(9-7-18)24-13-12-22-17(24)3/h4-13,16H,14H2,1-3H3,(H,23,25)/t16-/m0/s1. The van der Waals surface area contributed by atoms with Crippen molar-refractivity contribution in [2.45, 2.75) is 37.5 Å². The lowest BCUT2D eigenvalue weighted by Crippen LogP contribution is -2.30. The quantitative estimate of drug-likeness (QED) is 0.663. The minimum atomic E-state index is -0.134. The fourth-order valence-corrected chi connectivity index (χ4v) is 3.52. The zero-order valence-corrected chi connectivity index (χ0v) is 16.1. The third-order valence-corrected chi connectivity index (χ3v) is 5.32. The van der Waals surface area contributed by atoms with Crippen LogP contribution in [0.15, 0.2) is 65.8 Å². The van der Waals surface area contributed by atoms with Crippen LogP contribution in [0.3, 0.4) is 0 Å². The summed E-state index contributed by atoms with van der Waals surface area (Å²) in [5.74, 6) is 0.998. The molecule has 0 radical (unpaired) electrons. The van der Waals surface area contributed by atoms with Gasteiger partial charge < -0.3 is 9.88 Å². The van der Waals surface area contributed by atoms with Gasteiger partial charge in [-0.2, -0.15) is 0 Å². The number of benzene rings is 2. The van der Waals surface area contributed by atoms with E-state index in [-0.39, 0.29) is 11.2 Å². The number of amides is 1. The molecule has 134 valence electrons. The minimum Gasteiger partial charge on any atom is -0.351 e. The molecule has 4 nitrogen and oxygen atoms in total. The second-order valence-electron chi connectivity index (χ2n) is 6.30. The second kappa shape index (κ2) is 8.23. The van der Waals surface area contributed by atoms with Crippen molar-refractivity contribution in [3.05, 3.63) is 77.9 Å². The Bertz CT molecular complexity index is 869. The summed E-state index contributed by atoms with van der Waals surface area (Å²) in [6.07, 6.45) is 3.73. The van der Waals surface area contributed by atoms with E-state index in [1.54, 1.807) is 18.0 Å². The van der Waals surface area contributed by atoms with E-state index in [0.29, 0.717) is 6.54 Å². The van der Waals surface area contributed by atoms with Crippen molar-refractivity contribution in [1.29, 1.82) is 0 Å². The third kappa shape index (κ3) is 4.55. The van der Waals surface area contributed by atoms with Gasteiger partial charge >= 0.3 is 0 Å². The first kappa shape index (κ1) is 18.3. The van der Waals surface area contributed by atoms with Crippen molar-refractivity contribution in [2.75, 3.05) is 0 Å². The fraction of sp³-hybridized carbons (Fsp3) is 0.238. The normalized spacial score (nSPS) is 12.0. The number of hydrogen-bond donors (Lipinski definition) is 1. The van der Waals surface area contributed by atoms with Crippen LogP contribution in [0, 0.1) is 13.8 Å². The predicted molar refractivity (Wildman–Crippen MR) is 107 cm³/mol. The van der Waals surface area contributed by atoms with Crippen molar-refractivity contribution in [3.8, 4) is 5.69 Å². The highest BCUT2D eigenvalue weighted by atomic mass is 32.2. The molecule has 0 aliphatic heterocycles. The van der Waals surface area contributed by atoms with Crippen LogP contribution in [0.1, 0.15) is 23.9 Å². The van der Waals surface area contributed by atoms with Gasteiger partial charge in [0.15, 0.2) is 0 Å². The summed E-state index contributed by atoms with van der Waals surface area (Å²) >= 11 is 1.58. The number of imidazole rings is 1. The van der Waals surface area contributed by atoms with Crippen molar-refractivity contribution in [2.24, 2.45) is 0 Å². The maximum Gasteiger partial charge on any atom is 0.233 e. The van der Waals surface area contributed by atoms with E-state index in [9.17, 15) is 4.79 Å². The van der Waals surface area contributed by atoms with Crippen molar-refractivity contribution in [3.63, 3.8) is 0 Å². The number of hydrogen-bond acceptors (Lipinski definition) is 3. The molecule has 0 fully saturated rings. The number of carbonyl (C=O) groups is 1. The topological polar surface area (TPSA) is 46.9 Å². The fourth-order valence-electron chi connectivity index (χ4n) is 2.63. The summed E-state index contributed by atoms with van der Waals surface area (Å²) in [5, 5.41) is 2.88. The minimum absolute atomic E-state index is 0.0464. The van der Waals surface area contributed by atoms with Gasteiger partial charge in [0.25, 0.3) is 0 Å². The van der Waals surface area contributed by atoms with Crippen molar-refractivity contribution < 1.29 is 4.79 Å². The Hall–Kier alpha value is -2.53. The summed E-state index contributed by atoms with van der Waals surface area (Å²) in [4.78, 5) is 17.7. The molecule has 0 aliphatic rings. The van der Waals surface area contributed by atoms with Gasteiger partial charge in [-0.1, -0.05) is 29.8 Å². The molecule has 26 heavy (non-hydrogen) atoms. The smallest absolute Gasteiger partial charge is 0.233 e. The van der Waals surface area contributed by atoms with Crippen molar-refractivity contribution >= 4 is 17.7 Å². The average Bonchev–Trinajstić information content (AvgIpc) is 3.08. The predicted octanol–water partition coefficient (Wildman–Crippen LogP) is 4.29. The maximum atomic E-state index is 12.3. The third-order valence-electron chi connectivity index (χ3n) is 4.21. The maximum absolute atomic E-state index is 12.3. The molecule has 0 saturated carbocycles. The van der Waals surface area contributed by atoms with E-state index < -0.39 is 0 Å². The molecule has 0 spiro atoms. The number of carbonyl (C=O) groups excluding carboxylic acids is 1. The first-order chi connectivity index (χ1) is 12.5. The molecule has 0 saturated heterocycles. The van der Waals surface area contributed by atoms with Gasteiger partial charge in [0.05, 0.1) is 5.25 Å². The Morgan fingerprint density at radius 3 is 2.42 bits per heavy atom. The first-order valence-electron chi connectivity index (χ1n) is 8.63. The number of rotatable bonds is 6. The van der Waals surface area contributed by atoms with E-state index >= 15 is 0 Å². The van der Waals surface area contributed by atoms with Crippen LogP contribution in [0.25, 0.3) is 5.69 Å². The average molecular weight is 366 g/mol. The number of nitrogens with zero attached hydrogens (tertiary/aromatic N) is 2. The van der Waals surface area contributed by atoms with E-state index in [1.807, 2.05) is 48.9 Å². The lowest BCUT2D eigenvalue weighted by Gasteiger charge is -2.13. The molecule has 3 aromatic rings. The summed E-state index contributed by atoms with van der Waals surface area (Å²) in [6, 6.07) is 16.4. The van der Waals surface area contributed by atoms with Crippen LogP contribution in [-0.2, 0) is 11.3 Å². The molecule has 3 rings (SSSR count). The molecule has 1 aromatic heterocycles. The summed E-state index contributed by atoms with van der Waals surface area (Å²) in [5.41, 5.74) is 3.37. The van der Waals surface area contributed by atoms with Gasteiger partial charge in [0.2, 0.25) is 5.91 Å². The second-order valence-corrected chi connectivity index (χ2v) is 7.72. The molecule has 0 unspecified atom stereocenters. The van der Waals surface area contributed by atoms with Crippen LogP contribution in [0.4, 0.5) is 0 Å². The number of aryl methyl sites for hydroxylation is 2. The van der Waals surface area contributed by atoms with Gasteiger partial charge in [-0.05, 0) is 50.6 Å². The van der Waals surface area contributed by atoms with Gasteiger partial charge in [-0.3, -0.25) is 4.79 Å². The molecule has 1 heterocycles. The number of nitrogens with one attached hydrogen (secondary N) is 1. The van der Waals surface area contributed by atoms with Crippen molar-refractivity contribution in [1.82, 2.24) is 14.9 Å². The number of aromatic nitrogens is 2. The SMILES string of the molecule is Cc1ccc(S[C@@H](C)C(=O)NCc2ccc(-n3ccnc3C)cc2)cc1. The van der Waals surface area contributed by atoms with Crippen LogP contribution in [0.2, 0.25) is 0 Å². The van der Waals surface area contributed by atoms with Gasteiger partial charge in [0.1, 0.15) is 5.82 Å². The Balaban J connectivity index is 1.54. The lowest BCUT2D eigenvalue weighted by molar-refractivity contribution is -0.120. The molecular formula is C21H23N3OS. The Morgan fingerprint density at radius 1 is 1.12 bits per heavy atom. The summed E-state index contributed by atoms with van der Waals surface area (Å²) < 4.78 is 2.03. The molecule has 2 aromatic carbocycles. The van der Waals surface area contributed by atoms with Gasteiger partial charge in [0, 0.05) is 29.5 Å². The van der Waals surface area contributed by atoms with Gasteiger partial charge in [-0.15, -0.1) is 11.8 Å². The molecule has 5 heteroatoms. The molecule has 1 N–H and O–H groups in total. The highest BCUT2D eigenvalue weighted by molar-refractivity contribution is 8.00. The Kier molecular flexibility index (Phi) is 5.78. The van der Waals surface area contributed by atoms with Crippen LogP contribution < -0.4 is 5.32 Å². The molecule has 0 bridgehead atoms. The Labute approximate surface area is 158 Å². The van der Waals surface area contributed by atoms with Crippen LogP contribution >= 0.6 is 11.8 Å². The molecule has 0 aliphatic carbocycles. The summed E-state index contributed by atoms with van der Waals surface area (Å²) in [7, 11) is 0. The Morgan fingerprint density at radius 2 is 1.81 bits per heavy atom. The first-order valence-corrected chi connectivity index (χ1v) is 9.51.